The normalized spacial score (nSPS) is 14.5. The number of hydrogen-bond acceptors (Lipinski definition) is 7. The van der Waals surface area contributed by atoms with Crippen LogP contribution in [0.15, 0.2) is 78.9 Å². The van der Waals surface area contributed by atoms with E-state index >= 15 is 0 Å². The predicted molar refractivity (Wildman–Crippen MR) is 196 cm³/mol. The van der Waals surface area contributed by atoms with Gasteiger partial charge in [-0.25, -0.2) is 0 Å². The van der Waals surface area contributed by atoms with Crippen molar-refractivity contribution >= 4 is 46.2 Å². The minimum Gasteiger partial charge on any atom is -0.379 e. The zero-order chi connectivity index (χ0) is 34.9. The number of benzene rings is 3. The number of nitrogens with one attached hydrogen (secondary N) is 2. The Bertz CT molecular complexity index is 1800. The first-order valence-electron chi connectivity index (χ1n) is 17.1. The van der Waals surface area contributed by atoms with Gasteiger partial charge in [0.15, 0.2) is 0 Å². The lowest BCUT2D eigenvalue weighted by atomic mass is 10.0. The van der Waals surface area contributed by atoms with Crippen LogP contribution in [0.4, 0.5) is 10.7 Å². The predicted octanol–water partition coefficient (Wildman–Crippen LogP) is 5.35. The molecule has 0 radical (unpaired) electrons. The van der Waals surface area contributed by atoms with Crippen LogP contribution in [0.1, 0.15) is 59.1 Å². The summed E-state index contributed by atoms with van der Waals surface area (Å²) in [5, 5.41) is 6.41. The van der Waals surface area contributed by atoms with Gasteiger partial charge in [0.1, 0.15) is 5.00 Å². The molecule has 2 N–H and O–H groups in total. The third-order valence-corrected chi connectivity index (χ3v) is 10.4. The molecule has 6 rings (SSSR count). The van der Waals surface area contributed by atoms with Crippen molar-refractivity contribution in [2.75, 3.05) is 63.6 Å². The molecular weight excluding hydrogens is 651 g/mol. The number of likely N-dealkylation sites (N-methyl/N-ethyl adjacent to an activating group) is 1. The molecule has 260 valence electrons. The number of nitrogens with zero attached hydrogens (tertiary/aromatic N) is 3. The number of aryl methyl sites for hydroxylation is 2. The molecule has 10 nitrogen and oxygen atoms in total. The number of ether oxygens (including phenoxy) is 1. The molecule has 11 heteroatoms. The van der Waals surface area contributed by atoms with E-state index in [4.69, 9.17) is 4.74 Å². The third kappa shape index (κ3) is 8.84. The molecule has 0 spiro atoms. The number of carbonyl (C=O) groups is 4. The fourth-order valence-electron chi connectivity index (χ4n) is 6.34. The fraction of sp³-hybridized carbons (Fsp3) is 0.333. The lowest BCUT2D eigenvalue weighted by molar-refractivity contribution is -0.118. The van der Waals surface area contributed by atoms with Crippen LogP contribution in [-0.4, -0.2) is 91.8 Å². The Labute approximate surface area is 297 Å². The van der Waals surface area contributed by atoms with Crippen LogP contribution in [0.3, 0.4) is 0 Å². The van der Waals surface area contributed by atoms with Crippen molar-refractivity contribution in [3.05, 3.63) is 117 Å². The molecule has 0 atom stereocenters. The lowest BCUT2D eigenvalue weighted by Gasteiger charge is -2.28. The molecule has 1 aromatic heterocycles. The monoisotopic (exact) mass is 693 g/mol. The maximum atomic E-state index is 13.8. The van der Waals surface area contributed by atoms with Gasteiger partial charge in [0.25, 0.3) is 17.7 Å². The van der Waals surface area contributed by atoms with Gasteiger partial charge in [0.2, 0.25) is 6.41 Å². The first kappa shape index (κ1) is 35.0. The molecule has 50 heavy (non-hydrogen) atoms. The number of amides is 4. The summed E-state index contributed by atoms with van der Waals surface area (Å²) in [6.45, 7) is 5.26. The Kier molecular flexibility index (Phi) is 11.7. The molecule has 0 saturated carbocycles. The maximum Gasteiger partial charge on any atom is 0.258 e. The van der Waals surface area contributed by atoms with E-state index in [0.29, 0.717) is 66.6 Å². The quantitative estimate of drug-likeness (QED) is 0.183. The van der Waals surface area contributed by atoms with Crippen molar-refractivity contribution in [1.29, 1.82) is 0 Å². The van der Waals surface area contributed by atoms with Crippen molar-refractivity contribution in [2.45, 2.75) is 32.2 Å². The number of morpholine rings is 1. The van der Waals surface area contributed by atoms with E-state index in [1.54, 1.807) is 41.1 Å². The SMILES string of the molecule is CN(CCN1CCOCC1)C(=O)c1cccc(C(=O)Nc2sc3c(c2C(=O)Nc2ccc(CCCc4ccccc4)cc2)CCN(C=O)C3)c1. The van der Waals surface area contributed by atoms with E-state index < -0.39 is 5.91 Å². The molecule has 0 bridgehead atoms. The van der Waals surface area contributed by atoms with Crippen molar-refractivity contribution in [2.24, 2.45) is 0 Å². The Morgan fingerprint density at radius 1 is 0.860 bits per heavy atom. The zero-order valence-corrected chi connectivity index (χ0v) is 29.2. The molecule has 0 unspecified atom stereocenters. The van der Waals surface area contributed by atoms with Crippen LogP contribution < -0.4 is 10.6 Å². The summed E-state index contributed by atoms with van der Waals surface area (Å²) in [5.41, 5.74) is 5.14. The van der Waals surface area contributed by atoms with Crippen LogP contribution in [0, 0.1) is 0 Å². The van der Waals surface area contributed by atoms with Gasteiger partial charge >= 0.3 is 0 Å². The molecule has 4 amide bonds. The molecule has 3 aromatic carbocycles. The van der Waals surface area contributed by atoms with Gasteiger partial charge in [-0.1, -0.05) is 48.5 Å². The van der Waals surface area contributed by atoms with Crippen molar-refractivity contribution < 1.29 is 23.9 Å². The van der Waals surface area contributed by atoms with E-state index in [1.807, 2.05) is 30.3 Å². The highest BCUT2D eigenvalue weighted by molar-refractivity contribution is 7.17. The Morgan fingerprint density at radius 3 is 2.32 bits per heavy atom. The van der Waals surface area contributed by atoms with Crippen LogP contribution in [-0.2, 0) is 35.3 Å². The van der Waals surface area contributed by atoms with Crippen LogP contribution in [0.2, 0.25) is 0 Å². The highest BCUT2D eigenvalue weighted by Crippen LogP contribution is 2.38. The van der Waals surface area contributed by atoms with Gasteiger partial charge in [-0.2, -0.15) is 0 Å². The molecule has 1 fully saturated rings. The van der Waals surface area contributed by atoms with Gasteiger partial charge in [0.05, 0.1) is 25.3 Å². The summed E-state index contributed by atoms with van der Waals surface area (Å²) in [6, 6.07) is 24.9. The smallest absolute Gasteiger partial charge is 0.258 e. The van der Waals surface area contributed by atoms with E-state index in [-0.39, 0.29) is 11.8 Å². The lowest BCUT2D eigenvalue weighted by Crippen LogP contribution is -2.41. The third-order valence-electron chi connectivity index (χ3n) is 9.25. The molecule has 2 aliphatic heterocycles. The molecule has 2 aliphatic rings. The summed E-state index contributed by atoms with van der Waals surface area (Å²) in [4.78, 5) is 58.8. The van der Waals surface area contributed by atoms with Crippen molar-refractivity contribution in [3.63, 3.8) is 0 Å². The number of thiophene rings is 1. The molecule has 4 aromatic rings. The average molecular weight is 694 g/mol. The van der Waals surface area contributed by atoms with Gasteiger partial charge in [-0.15, -0.1) is 11.3 Å². The van der Waals surface area contributed by atoms with E-state index in [0.717, 1.165) is 55.7 Å². The largest absolute Gasteiger partial charge is 0.379 e. The van der Waals surface area contributed by atoms with Crippen molar-refractivity contribution in [3.8, 4) is 0 Å². The minimum atomic E-state index is -0.421. The minimum absolute atomic E-state index is 0.171. The van der Waals surface area contributed by atoms with Crippen LogP contribution in [0.5, 0.6) is 0 Å². The maximum absolute atomic E-state index is 13.8. The van der Waals surface area contributed by atoms with E-state index in [1.165, 1.54) is 22.5 Å². The Balaban J connectivity index is 1.13. The van der Waals surface area contributed by atoms with Crippen LogP contribution in [0.25, 0.3) is 0 Å². The second kappa shape index (κ2) is 16.7. The summed E-state index contributed by atoms with van der Waals surface area (Å²) in [6.07, 6.45) is 4.28. The second-order valence-corrected chi connectivity index (χ2v) is 13.8. The van der Waals surface area contributed by atoms with Gasteiger partial charge in [-0.3, -0.25) is 24.1 Å². The first-order valence-corrected chi connectivity index (χ1v) is 17.9. The first-order chi connectivity index (χ1) is 24.4. The van der Waals surface area contributed by atoms with Gasteiger partial charge in [0, 0.05) is 61.5 Å². The molecule has 1 saturated heterocycles. The standard InChI is InChI=1S/C39H43N5O5S/c1-42(19-20-43-21-23-49-24-22-43)39(48)31-12-6-11-30(25-31)36(46)41-38-35(33-17-18-44(27-45)26-34(33)50-38)37(47)40-32-15-13-29(14-16-32)10-5-9-28-7-3-2-4-8-28/h2-4,6-8,11-16,25,27H,5,9-10,17-24,26H2,1H3,(H,40,47)(H,41,46). The van der Waals surface area contributed by atoms with Crippen LogP contribution >= 0.6 is 11.3 Å². The number of fused-ring (bicyclic) bond motifs is 1. The average Bonchev–Trinajstić information content (AvgIpc) is 3.52. The number of anilines is 2. The Morgan fingerprint density at radius 2 is 1.58 bits per heavy atom. The van der Waals surface area contributed by atoms with Gasteiger partial charge in [-0.05, 0) is 72.7 Å². The molecular formula is C39H43N5O5S. The number of carbonyl (C=O) groups excluding carboxylic acids is 4. The molecule has 0 aliphatic carbocycles. The Hall–Kier alpha value is -4.84. The summed E-state index contributed by atoms with van der Waals surface area (Å²) < 4.78 is 5.41. The number of hydrogen-bond donors (Lipinski definition) is 2. The second-order valence-electron chi connectivity index (χ2n) is 12.7. The summed E-state index contributed by atoms with van der Waals surface area (Å²) >= 11 is 1.31. The van der Waals surface area contributed by atoms with Gasteiger partial charge < -0.3 is 25.2 Å². The summed E-state index contributed by atoms with van der Waals surface area (Å²) in [7, 11) is 1.76. The fourth-order valence-corrected chi connectivity index (χ4v) is 7.60. The highest BCUT2D eigenvalue weighted by Gasteiger charge is 2.29. The van der Waals surface area contributed by atoms with E-state index in [9.17, 15) is 19.2 Å². The van der Waals surface area contributed by atoms with Crippen molar-refractivity contribution in [1.82, 2.24) is 14.7 Å². The highest BCUT2D eigenvalue weighted by atomic mass is 32.1. The topological polar surface area (TPSA) is 111 Å². The summed E-state index contributed by atoms with van der Waals surface area (Å²) in [5.74, 6) is -0.911. The number of rotatable bonds is 13. The molecule has 3 heterocycles. The van der Waals surface area contributed by atoms with E-state index in [2.05, 4.69) is 39.8 Å². The zero-order valence-electron chi connectivity index (χ0n) is 28.4.